The van der Waals surface area contributed by atoms with Gasteiger partial charge >= 0.3 is 0 Å². The molecular formula is C13H19N3O. The van der Waals surface area contributed by atoms with Crippen molar-refractivity contribution in [1.29, 1.82) is 0 Å². The highest BCUT2D eigenvalue weighted by Gasteiger charge is 2.47. The minimum atomic E-state index is -0.306. The number of H-pyrrole nitrogens is 1. The van der Waals surface area contributed by atoms with Crippen LogP contribution in [0.4, 0.5) is 0 Å². The maximum Gasteiger partial charge on any atom is 0.232 e. The number of carbonyl (C=O) groups is 1. The van der Waals surface area contributed by atoms with Crippen LogP contribution < -0.4 is 5.32 Å². The van der Waals surface area contributed by atoms with Crippen LogP contribution in [0.5, 0.6) is 0 Å². The SMILES string of the molecule is O=C(NC1CCCC1)C1(c2ccn[nH]2)CCC1. The van der Waals surface area contributed by atoms with E-state index in [-0.39, 0.29) is 11.3 Å². The Morgan fingerprint density at radius 2 is 2.12 bits per heavy atom. The Labute approximate surface area is 101 Å². The quantitative estimate of drug-likeness (QED) is 0.837. The summed E-state index contributed by atoms with van der Waals surface area (Å²) in [5.41, 5.74) is 0.679. The number of carbonyl (C=O) groups excluding carboxylic acids is 1. The Morgan fingerprint density at radius 1 is 1.35 bits per heavy atom. The Kier molecular flexibility index (Phi) is 2.65. The standard InChI is InChI=1S/C13H19N3O/c17-12(15-10-4-1-2-5-10)13(7-3-8-13)11-6-9-14-16-11/h6,9-10H,1-5,7-8H2,(H,14,16)(H,15,17). The molecule has 1 aromatic heterocycles. The molecule has 1 amide bonds. The molecule has 0 radical (unpaired) electrons. The van der Waals surface area contributed by atoms with E-state index < -0.39 is 0 Å². The number of amides is 1. The fraction of sp³-hybridized carbons (Fsp3) is 0.692. The summed E-state index contributed by atoms with van der Waals surface area (Å²) in [7, 11) is 0. The first-order chi connectivity index (χ1) is 8.31. The Bertz CT molecular complexity index is 389. The Hall–Kier alpha value is -1.32. The minimum absolute atomic E-state index is 0.208. The summed E-state index contributed by atoms with van der Waals surface area (Å²) in [5.74, 6) is 0.208. The van der Waals surface area contributed by atoms with Crippen LogP contribution in [0.3, 0.4) is 0 Å². The summed E-state index contributed by atoms with van der Waals surface area (Å²) in [6.45, 7) is 0. The van der Waals surface area contributed by atoms with E-state index in [0.29, 0.717) is 6.04 Å². The van der Waals surface area contributed by atoms with Gasteiger partial charge in [-0.1, -0.05) is 19.3 Å². The largest absolute Gasteiger partial charge is 0.353 e. The summed E-state index contributed by atoms with van der Waals surface area (Å²) in [6.07, 6.45) is 9.57. The van der Waals surface area contributed by atoms with Crippen molar-refractivity contribution in [2.24, 2.45) is 0 Å². The molecule has 2 saturated carbocycles. The molecule has 2 aliphatic rings. The normalized spacial score (nSPS) is 23.3. The average molecular weight is 233 g/mol. The molecule has 0 saturated heterocycles. The molecule has 0 bridgehead atoms. The maximum absolute atomic E-state index is 12.4. The zero-order valence-corrected chi connectivity index (χ0v) is 10.0. The summed E-state index contributed by atoms with van der Waals surface area (Å²) in [5, 5.41) is 10.2. The van der Waals surface area contributed by atoms with Gasteiger partial charge in [0.05, 0.1) is 11.1 Å². The van der Waals surface area contributed by atoms with E-state index in [2.05, 4.69) is 15.5 Å². The minimum Gasteiger partial charge on any atom is -0.353 e. The predicted octanol–water partition coefficient (Wildman–Crippen LogP) is 1.89. The van der Waals surface area contributed by atoms with E-state index in [9.17, 15) is 4.79 Å². The zero-order chi connectivity index (χ0) is 11.7. The topological polar surface area (TPSA) is 57.8 Å². The average Bonchev–Trinajstić information content (AvgIpc) is 2.88. The van der Waals surface area contributed by atoms with E-state index in [1.54, 1.807) is 6.20 Å². The van der Waals surface area contributed by atoms with Gasteiger partial charge in [0.25, 0.3) is 0 Å². The van der Waals surface area contributed by atoms with Crippen molar-refractivity contribution in [3.63, 3.8) is 0 Å². The number of hydrogen-bond donors (Lipinski definition) is 2. The summed E-state index contributed by atoms with van der Waals surface area (Å²) in [4.78, 5) is 12.4. The van der Waals surface area contributed by atoms with Gasteiger partial charge in [0.2, 0.25) is 5.91 Å². The fourth-order valence-corrected chi connectivity index (χ4v) is 3.07. The summed E-state index contributed by atoms with van der Waals surface area (Å²) in [6, 6.07) is 2.34. The van der Waals surface area contributed by atoms with Crippen LogP contribution in [0.1, 0.15) is 50.6 Å². The van der Waals surface area contributed by atoms with E-state index in [0.717, 1.165) is 37.8 Å². The zero-order valence-electron chi connectivity index (χ0n) is 10.0. The van der Waals surface area contributed by atoms with E-state index in [1.807, 2.05) is 6.07 Å². The summed E-state index contributed by atoms with van der Waals surface area (Å²) >= 11 is 0. The van der Waals surface area contributed by atoms with Gasteiger partial charge in [0.1, 0.15) is 0 Å². The van der Waals surface area contributed by atoms with Crippen LogP contribution in [0, 0.1) is 0 Å². The monoisotopic (exact) mass is 233 g/mol. The first kappa shape index (κ1) is 10.8. The third kappa shape index (κ3) is 1.75. The van der Waals surface area contributed by atoms with Gasteiger partial charge in [0, 0.05) is 12.2 Å². The van der Waals surface area contributed by atoms with Crippen LogP contribution in [-0.2, 0) is 10.2 Å². The second kappa shape index (κ2) is 4.17. The van der Waals surface area contributed by atoms with Gasteiger partial charge in [-0.15, -0.1) is 0 Å². The molecule has 92 valence electrons. The van der Waals surface area contributed by atoms with Crippen molar-refractivity contribution in [2.45, 2.75) is 56.4 Å². The first-order valence-electron chi connectivity index (χ1n) is 6.62. The van der Waals surface area contributed by atoms with Crippen molar-refractivity contribution in [3.05, 3.63) is 18.0 Å². The molecule has 0 unspecified atom stereocenters. The van der Waals surface area contributed by atoms with Crippen molar-refractivity contribution >= 4 is 5.91 Å². The number of rotatable bonds is 3. The molecule has 0 aromatic carbocycles. The van der Waals surface area contributed by atoms with Gasteiger partial charge in [-0.25, -0.2) is 0 Å². The fourth-order valence-electron chi connectivity index (χ4n) is 3.07. The smallest absolute Gasteiger partial charge is 0.232 e. The van der Waals surface area contributed by atoms with Crippen LogP contribution in [0.15, 0.2) is 12.3 Å². The molecule has 4 nitrogen and oxygen atoms in total. The van der Waals surface area contributed by atoms with E-state index in [1.165, 1.54) is 12.8 Å². The second-order valence-electron chi connectivity index (χ2n) is 5.36. The number of aromatic amines is 1. The van der Waals surface area contributed by atoms with Crippen molar-refractivity contribution in [2.75, 3.05) is 0 Å². The third-order valence-electron chi connectivity index (χ3n) is 4.35. The lowest BCUT2D eigenvalue weighted by Gasteiger charge is -2.39. The van der Waals surface area contributed by atoms with Gasteiger partial charge < -0.3 is 5.32 Å². The lowest BCUT2D eigenvalue weighted by atomic mass is 9.66. The van der Waals surface area contributed by atoms with Gasteiger partial charge in [-0.05, 0) is 31.7 Å². The van der Waals surface area contributed by atoms with E-state index >= 15 is 0 Å². The highest BCUT2D eigenvalue weighted by atomic mass is 16.2. The highest BCUT2D eigenvalue weighted by Crippen LogP contribution is 2.43. The molecule has 4 heteroatoms. The molecule has 0 spiro atoms. The van der Waals surface area contributed by atoms with Gasteiger partial charge in [0.15, 0.2) is 0 Å². The second-order valence-corrected chi connectivity index (χ2v) is 5.36. The molecule has 1 aromatic rings. The highest BCUT2D eigenvalue weighted by molar-refractivity contribution is 5.89. The van der Waals surface area contributed by atoms with Crippen molar-refractivity contribution in [3.8, 4) is 0 Å². The number of nitrogens with one attached hydrogen (secondary N) is 2. The number of nitrogens with zero attached hydrogens (tertiary/aromatic N) is 1. The van der Waals surface area contributed by atoms with Gasteiger partial charge in [-0.3, -0.25) is 9.89 Å². The lowest BCUT2D eigenvalue weighted by Crippen LogP contribution is -2.51. The molecule has 0 atom stereocenters. The molecule has 2 aliphatic carbocycles. The lowest BCUT2D eigenvalue weighted by molar-refractivity contribution is -0.130. The Morgan fingerprint density at radius 3 is 2.65 bits per heavy atom. The van der Waals surface area contributed by atoms with Crippen molar-refractivity contribution in [1.82, 2.24) is 15.5 Å². The molecule has 17 heavy (non-hydrogen) atoms. The van der Waals surface area contributed by atoms with E-state index in [4.69, 9.17) is 0 Å². The summed E-state index contributed by atoms with van der Waals surface area (Å²) < 4.78 is 0. The molecule has 3 rings (SSSR count). The van der Waals surface area contributed by atoms with Crippen LogP contribution in [0.25, 0.3) is 0 Å². The Balaban J connectivity index is 1.74. The van der Waals surface area contributed by atoms with Crippen molar-refractivity contribution < 1.29 is 4.79 Å². The molecule has 2 N–H and O–H groups in total. The predicted molar refractivity (Wildman–Crippen MR) is 64.5 cm³/mol. The number of aromatic nitrogens is 2. The van der Waals surface area contributed by atoms with Crippen LogP contribution >= 0.6 is 0 Å². The van der Waals surface area contributed by atoms with Crippen LogP contribution in [0.2, 0.25) is 0 Å². The van der Waals surface area contributed by atoms with Crippen LogP contribution in [-0.4, -0.2) is 22.1 Å². The molecule has 2 fully saturated rings. The number of hydrogen-bond acceptors (Lipinski definition) is 2. The molecule has 1 heterocycles. The molecular weight excluding hydrogens is 214 g/mol. The molecule has 0 aliphatic heterocycles. The first-order valence-corrected chi connectivity index (χ1v) is 6.62. The maximum atomic E-state index is 12.4. The van der Waals surface area contributed by atoms with Gasteiger partial charge in [-0.2, -0.15) is 5.10 Å². The third-order valence-corrected chi connectivity index (χ3v) is 4.35.